The lowest BCUT2D eigenvalue weighted by molar-refractivity contribution is -0.113. The average Bonchev–Trinajstić information content (AvgIpc) is 3.25. The summed E-state index contributed by atoms with van der Waals surface area (Å²) in [5.41, 5.74) is 3.25. The molecule has 2 heterocycles. The summed E-state index contributed by atoms with van der Waals surface area (Å²) in [6.45, 7) is 1.87. The number of pyridine rings is 1. The molecule has 0 radical (unpaired) electrons. The number of hydrogen-bond acceptors (Lipinski definition) is 6. The van der Waals surface area contributed by atoms with Gasteiger partial charge in [-0.25, -0.2) is 0 Å². The van der Waals surface area contributed by atoms with Gasteiger partial charge in [-0.3, -0.25) is 14.3 Å². The van der Waals surface area contributed by atoms with E-state index in [1.807, 2.05) is 54.0 Å². The van der Waals surface area contributed by atoms with Gasteiger partial charge in [0.1, 0.15) is 5.75 Å². The third-order valence-electron chi connectivity index (χ3n) is 4.78. The SMILES string of the molecule is COc1ccc(-n2c(SCC(=O)Nc3cccc(Cl)c3C)nnc2-c2ccncc2)cc1. The number of amides is 1. The molecule has 1 N–H and O–H groups in total. The maximum Gasteiger partial charge on any atom is 0.234 e. The van der Waals surface area contributed by atoms with Crippen molar-refractivity contribution < 1.29 is 9.53 Å². The summed E-state index contributed by atoms with van der Waals surface area (Å²) in [7, 11) is 1.62. The molecule has 0 spiro atoms. The van der Waals surface area contributed by atoms with Crippen molar-refractivity contribution in [1.29, 1.82) is 0 Å². The molecule has 32 heavy (non-hydrogen) atoms. The lowest BCUT2D eigenvalue weighted by Crippen LogP contribution is -2.15. The molecule has 0 saturated heterocycles. The quantitative estimate of drug-likeness (QED) is 0.385. The third-order valence-corrected chi connectivity index (χ3v) is 6.12. The zero-order valence-corrected chi connectivity index (χ0v) is 19.0. The molecule has 0 aliphatic carbocycles. The number of ether oxygens (including phenoxy) is 1. The smallest absolute Gasteiger partial charge is 0.234 e. The first-order valence-corrected chi connectivity index (χ1v) is 11.1. The highest BCUT2D eigenvalue weighted by Gasteiger charge is 2.18. The van der Waals surface area contributed by atoms with Gasteiger partial charge in [-0.2, -0.15) is 0 Å². The number of aromatic nitrogens is 4. The minimum absolute atomic E-state index is 0.157. The Hall–Kier alpha value is -3.36. The summed E-state index contributed by atoms with van der Waals surface area (Å²) in [5.74, 6) is 1.41. The third kappa shape index (κ3) is 4.76. The average molecular weight is 466 g/mol. The van der Waals surface area contributed by atoms with E-state index in [1.165, 1.54) is 11.8 Å². The molecule has 9 heteroatoms. The van der Waals surface area contributed by atoms with E-state index in [1.54, 1.807) is 31.6 Å². The summed E-state index contributed by atoms with van der Waals surface area (Å²) in [5, 5.41) is 12.8. The second kappa shape index (κ2) is 9.84. The minimum Gasteiger partial charge on any atom is -0.497 e. The van der Waals surface area contributed by atoms with Gasteiger partial charge >= 0.3 is 0 Å². The molecule has 1 amide bonds. The molecular weight excluding hydrogens is 446 g/mol. The second-order valence-electron chi connectivity index (χ2n) is 6.82. The largest absolute Gasteiger partial charge is 0.497 e. The van der Waals surface area contributed by atoms with Crippen LogP contribution in [-0.2, 0) is 4.79 Å². The number of carbonyl (C=O) groups is 1. The topological polar surface area (TPSA) is 81.9 Å². The van der Waals surface area contributed by atoms with Gasteiger partial charge in [0.05, 0.1) is 12.9 Å². The normalized spacial score (nSPS) is 10.7. The number of rotatable bonds is 7. The van der Waals surface area contributed by atoms with Crippen molar-refractivity contribution in [1.82, 2.24) is 19.7 Å². The van der Waals surface area contributed by atoms with Crippen LogP contribution < -0.4 is 10.1 Å². The summed E-state index contributed by atoms with van der Waals surface area (Å²) in [6, 6.07) is 16.7. The van der Waals surface area contributed by atoms with E-state index < -0.39 is 0 Å². The predicted molar refractivity (Wildman–Crippen MR) is 127 cm³/mol. The Morgan fingerprint density at radius 3 is 2.56 bits per heavy atom. The zero-order chi connectivity index (χ0) is 22.5. The van der Waals surface area contributed by atoms with Crippen LogP contribution in [0.3, 0.4) is 0 Å². The Morgan fingerprint density at radius 2 is 1.84 bits per heavy atom. The Kier molecular flexibility index (Phi) is 6.72. The van der Waals surface area contributed by atoms with Crippen LogP contribution >= 0.6 is 23.4 Å². The number of nitrogens with one attached hydrogen (secondary N) is 1. The van der Waals surface area contributed by atoms with Crippen LogP contribution in [0.2, 0.25) is 5.02 Å². The first-order chi connectivity index (χ1) is 15.6. The highest BCUT2D eigenvalue weighted by Crippen LogP contribution is 2.29. The summed E-state index contributed by atoms with van der Waals surface area (Å²) < 4.78 is 7.18. The van der Waals surface area contributed by atoms with Gasteiger partial charge in [-0.1, -0.05) is 29.4 Å². The second-order valence-corrected chi connectivity index (χ2v) is 8.17. The van der Waals surface area contributed by atoms with Crippen LogP contribution in [0.25, 0.3) is 17.1 Å². The highest BCUT2D eigenvalue weighted by atomic mass is 35.5. The van der Waals surface area contributed by atoms with Crippen LogP contribution in [-0.4, -0.2) is 38.5 Å². The predicted octanol–water partition coefficient (Wildman–Crippen LogP) is 5.03. The highest BCUT2D eigenvalue weighted by molar-refractivity contribution is 7.99. The monoisotopic (exact) mass is 465 g/mol. The first-order valence-electron chi connectivity index (χ1n) is 9.75. The van der Waals surface area contributed by atoms with Crippen LogP contribution in [0.5, 0.6) is 5.75 Å². The van der Waals surface area contributed by atoms with E-state index in [9.17, 15) is 4.79 Å². The van der Waals surface area contributed by atoms with Crippen molar-refractivity contribution in [2.24, 2.45) is 0 Å². The van der Waals surface area contributed by atoms with Crippen molar-refractivity contribution in [3.63, 3.8) is 0 Å². The molecule has 162 valence electrons. The number of methoxy groups -OCH3 is 1. The lowest BCUT2D eigenvalue weighted by atomic mass is 10.2. The fourth-order valence-electron chi connectivity index (χ4n) is 3.07. The fraction of sp³-hybridized carbons (Fsp3) is 0.130. The van der Waals surface area contributed by atoms with Crippen molar-refractivity contribution in [3.8, 4) is 22.8 Å². The molecule has 0 unspecified atom stereocenters. The van der Waals surface area contributed by atoms with E-state index in [4.69, 9.17) is 16.3 Å². The van der Waals surface area contributed by atoms with E-state index in [2.05, 4.69) is 20.5 Å². The van der Waals surface area contributed by atoms with Crippen molar-refractivity contribution >= 4 is 35.0 Å². The zero-order valence-electron chi connectivity index (χ0n) is 17.4. The molecule has 4 aromatic rings. The van der Waals surface area contributed by atoms with Gasteiger partial charge in [0.25, 0.3) is 0 Å². The van der Waals surface area contributed by atoms with Gasteiger partial charge in [0.15, 0.2) is 11.0 Å². The molecule has 0 bridgehead atoms. The minimum atomic E-state index is -0.157. The number of hydrogen-bond donors (Lipinski definition) is 1. The maximum atomic E-state index is 12.6. The number of nitrogens with zero attached hydrogens (tertiary/aromatic N) is 4. The van der Waals surface area contributed by atoms with Crippen molar-refractivity contribution in [3.05, 3.63) is 77.6 Å². The molecule has 2 aromatic carbocycles. The Balaban J connectivity index is 1.60. The van der Waals surface area contributed by atoms with E-state index in [0.29, 0.717) is 21.7 Å². The van der Waals surface area contributed by atoms with Gasteiger partial charge in [-0.15, -0.1) is 10.2 Å². The van der Waals surface area contributed by atoms with Crippen LogP contribution in [0.1, 0.15) is 5.56 Å². The van der Waals surface area contributed by atoms with Crippen molar-refractivity contribution in [2.75, 3.05) is 18.2 Å². The number of anilines is 1. The van der Waals surface area contributed by atoms with Gasteiger partial charge in [-0.05, 0) is 61.0 Å². The number of carbonyl (C=O) groups excluding carboxylic acids is 1. The number of thioether (sulfide) groups is 1. The van der Waals surface area contributed by atoms with Crippen LogP contribution in [0.4, 0.5) is 5.69 Å². The molecule has 0 aliphatic rings. The Labute approximate surface area is 194 Å². The van der Waals surface area contributed by atoms with Crippen LogP contribution in [0.15, 0.2) is 72.1 Å². The van der Waals surface area contributed by atoms with Crippen LogP contribution in [0, 0.1) is 6.92 Å². The van der Waals surface area contributed by atoms with E-state index in [-0.39, 0.29) is 11.7 Å². The number of halogens is 1. The lowest BCUT2D eigenvalue weighted by Gasteiger charge is -2.12. The molecule has 0 aliphatic heterocycles. The van der Waals surface area contributed by atoms with Gasteiger partial charge < -0.3 is 10.1 Å². The molecule has 0 atom stereocenters. The molecule has 0 saturated carbocycles. The van der Waals surface area contributed by atoms with E-state index in [0.717, 1.165) is 22.6 Å². The first kappa shape index (κ1) is 21.9. The Bertz CT molecular complexity index is 1230. The van der Waals surface area contributed by atoms with E-state index >= 15 is 0 Å². The molecule has 2 aromatic heterocycles. The summed E-state index contributed by atoms with van der Waals surface area (Å²) in [6.07, 6.45) is 3.41. The molecular formula is C23H20ClN5O2S. The summed E-state index contributed by atoms with van der Waals surface area (Å²) in [4.78, 5) is 16.7. The van der Waals surface area contributed by atoms with Crippen molar-refractivity contribution in [2.45, 2.75) is 12.1 Å². The molecule has 7 nitrogen and oxygen atoms in total. The Morgan fingerprint density at radius 1 is 1.09 bits per heavy atom. The summed E-state index contributed by atoms with van der Waals surface area (Å²) >= 11 is 7.45. The molecule has 4 rings (SSSR count). The fourth-order valence-corrected chi connectivity index (χ4v) is 4.00. The van der Waals surface area contributed by atoms with Gasteiger partial charge in [0, 0.05) is 34.4 Å². The van der Waals surface area contributed by atoms with Gasteiger partial charge in [0.2, 0.25) is 5.91 Å². The maximum absolute atomic E-state index is 12.6. The molecule has 0 fully saturated rings. The number of benzene rings is 2. The standard InChI is InChI=1S/C23H20ClN5O2S/c1-15-19(24)4-3-5-20(15)26-21(30)14-32-23-28-27-22(16-10-12-25-13-11-16)29(23)17-6-8-18(31-2)9-7-17/h3-13H,14H2,1-2H3,(H,26,30).